The van der Waals surface area contributed by atoms with Gasteiger partial charge in [0.05, 0.1) is 11.1 Å². The first-order valence-electron chi connectivity index (χ1n) is 9.53. The van der Waals surface area contributed by atoms with E-state index in [9.17, 15) is 9.59 Å². The molecule has 1 fully saturated rings. The van der Waals surface area contributed by atoms with Crippen molar-refractivity contribution < 1.29 is 4.79 Å². The fourth-order valence-electron chi connectivity index (χ4n) is 4.24. The molecular weight excluding hydrogens is 326 g/mol. The highest BCUT2D eigenvalue weighted by atomic mass is 16.2. The second-order valence-corrected chi connectivity index (χ2v) is 8.52. The summed E-state index contributed by atoms with van der Waals surface area (Å²) in [6.45, 7) is 8.55. The smallest absolute Gasteiger partial charge is 0.275 e. The number of aromatic nitrogens is 2. The number of fused-ring (bicyclic) bond motifs is 1. The second-order valence-electron chi connectivity index (χ2n) is 8.52. The van der Waals surface area contributed by atoms with Gasteiger partial charge in [-0.2, -0.15) is 5.10 Å². The predicted molar refractivity (Wildman–Crippen MR) is 104 cm³/mol. The monoisotopic (exact) mass is 355 g/mol. The van der Waals surface area contributed by atoms with Gasteiger partial charge in [0.2, 0.25) is 5.91 Å². The van der Waals surface area contributed by atoms with Crippen LogP contribution in [0.1, 0.15) is 52.1 Å². The molecule has 5 heteroatoms. The Bertz CT molecular complexity index is 864. The lowest BCUT2D eigenvalue weighted by atomic mass is 9.69. The highest BCUT2D eigenvalue weighted by molar-refractivity contribution is 5.83. The lowest BCUT2D eigenvalue weighted by Gasteiger charge is -2.40. The highest BCUT2D eigenvalue weighted by Crippen LogP contribution is 2.37. The molecule has 26 heavy (non-hydrogen) atoms. The van der Waals surface area contributed by atoms with Crippen LogP contribution in [0, 0.1) is 18.3 Å². The van der Waals surface area contributed by atoms with Crippen LogP contribution in [0.25, 0.3) is 10.8 Å². The minimum atomic E-state index is -0.211. The Balaban J connectivity index is 1.79. The van der Waals surface area contributed by atoms with Gasteiger partial charge in [-0.3, -0.25) is 9.59 Å². The molecular formula is C21H29N3O2. The molecule has 1 N–H and O–H groups in total. The van der Waals surface area contributed by atoms with E-state index in [0.717, 1.165) is 30.3 Å². The number of benzene rings is 1. The SMILES string of the molecule is Cc1nn(CC(=O)NC2CCCCC2C(C)(C)C)c(=O)c2ccccc12. The number of hydrogen-bond acceptors (Lipinski definition) is 3. The molecule has 2 atom stereocenters. The average molecular weight is 355 g/mol. The Kier molecular flexibility index (Phi) is 5.17. The zero-order valence-corrected chi connectivity index (χ0v) is 16.2. The Morgan fingerprint density at radius 3 is 2.54 bits per heavy atom. The first-order valence-corrected chi connectivity index (χ1v) is 9.53. The zero-order valence-electron chi connectivity index (χ0n) is 16.2. The van der Waals surface area contributed by atoms with Gasteiger partial charge in [-0.25, -0.2) is 4.68 Å². The van der Waals surface area contributed by atoms with Gasteiger partial charge in [0.25, 0.3) is 5.56 Å². The molecule has 1 aromatic heterocycles. The number of amides is 1. The van der Waals surface area contributed by atoms with Gasteiger partial charge in [-0.15, -0.1) is 0 Å². The molecule has 5 nitrogen and oxygen atoms in total. The van der Waals surface area contributed by atoms with Crippen molar-refractivity contribution in [2.24, 2.45) is 11.3 Å². The van der Waals surface area contributed by atoms with Gasteiger partial charge in [-0.05, 0) is 37.2 Å². The topological polar surface area (TPSA) is 64.0 Å². The zero-order chi connectivity index (χ0) is 18.9. The van der Waals surface area contributed by atoms with Crippen LogP contribution in [-0.2, 0) is 11.3 Å². The normalized spacial score (nSPS) is 20.9. The quantitative estimate of drug-likeness (QED) is 0.917. The number of hydrogen-bond donors (Lipinski definition) is 1. The van der Waals surface area contributed by atoms with E-state index in [-0.39, 0.29) is 29.5 Å². The summed E-state index contributed by atoms with van der Waals surface area (Å²) in [5, 5.41) is 8.98. The summed E-state index contributed by atoms with van der Waals surface area (Å²) in [5.41, 5.74) is 0.711. The largest absolute Gasteiger partial charge is 0.351 e. The Hall–Kier alpha value is -2.17. The second kappa shape index (κ2) is 7.22. The van der Waals surface area contributed by atoms with Crippen molar-refractivity contribution in [1.29, 1.82) is 0 Å². The van der Waals surface area contributed by atoms with Gasteiger partial charge in [-0.1, -0.05) is 51.8 Å². The third kappa shape index (κ3) is 3.81. The minimum Gasteiger partial charge on any atom is -0.351 e. The maximum Gasteiger partial charge on any atom is 0.275 e. The van der Waals surface area contributed by atoms with Crippen molar-refractivity contribution >= 4 is 16.7 Å². The molecule has 0 spiro atoms. The van der Waals surface area contributed by atoms with E-state index in [2.05, 4.69) is 31.2 Å². The maximum absolute atomic E-state index is 12.7. The van der Waals surface area contributed by atoms with Crippen molar-refractivity contribution in [3.05, 3.63) is 40.3 Å². The van der Waals surface area contributed by atoms with Crippen LogP contribution in [0.5, 0.6) is 0 Å². The molecule has 2 unspecified atom stereocenters. The van der Waals surface area contributed by atoms with Crippen LogP contribution in [0.15, 0.2) is 29.1 Å². The molecule has 1 aliphatic carbocycles. The molecule has 1 amide bonds. The summed E-state index contributed by atoms with van der Waals surface area (Å²) >= 11 is 0. The number of nitrogens with one attached hydrogen (secondary N) is 1. The van der Waals surface area contributed by atoms with Crippen molar-refractivity contribution in [2.45, 2.75) is 66.0 Å². The van der Waals surface area contributed by atoms with E-state index in [4.69, 9.17) is 0 Å². The summed E-state index contributed by atoms with van der Waals surface area (Å²) in [6, 6.07) is 7.58. The minimum absolute atomic E-state index is 0.0299. The van der Waals surface area contributed by atoms with Crippen LogP contribution in [0.4, 0.5) is 0 Å². The van der Waals surface area contributed by atoms with E-state index in [1.54, 1.807) is 6.07 Å². The van der Waals surface area contributed by atoms with Crippen molar-refractivity contribution in [3.8, 4) is 0 Å². The van der Waals surface area contributed by atoms with Crippen molar-refractivity contribution in [3.63, 3.8) is 0 Å². The molecule has 3 rings (SSSR count). The third-order valence-corrected chi connectivity index (χ3v) is 5.57. The molecule has 140 valence electrons. The predicted octanol–water partition coefficient (Wildman–Crippen LogP) is 3.43. The van der Waals surface area contributed by atoms with Gasteiger partial charge in [0.15, 0.2) is 0 Å². The standard InChI is InChI=1S/C21H29N3O2/c1-14-15-9-5-6-10-16(15)20(26)24(23-14)13-19(25)22-18-12-8-7-11-17(18)21(2,3)4/h5-6,9-10,17-18H,7-8,11-13H2,1-4H3,(H,22,25). The fraction of sp³-hybridized carbons (Fsp3) is 0.571. The van der Waals surface area contributed by atoms with E-state index in [0.29, 0.717) is 11.3 Å². The van der Waals surface area contributed by atoms with Crippen molar-refractivity contribution in [1.82, 2.24) is 15.1 Å². The van der Waals surface area contributed by atoms with Crippen LogP contribution < -0.4 is 10.9 Å². The number of carbonyl (C=O) groups excluding carboxylic acids is 1. The molecule has 1 aromatic carbocycles. The molecule has 1 heterocycles. The Morgan fingerprint density at radius 2 is 1.85 bits per heavy atom. The van der Waals surface area contributed by atoms with Gasteiger partial charge < -0.3 is 5.32 Å². The summed E-state index contributed by atoms with van der Waals surface area (Å²) < 4.78 is 1.29. The Labute approximate surface area is 154 Å². The lowest BCUT2D eigenvalue weighted by Crippen LogP contribution is -2.48. The van der Waals surface area contributed by atoms with Gasteiger partial charge in [0.1, 0.15) is 6.54 Å². The summed E-state index contributed by atoms with van der Waals surface area (Å²) in [5.74, 6) is 0.332. The highest BCUT2D eigenvalue weighted by Gasteiger charge is 2.34. The van der Waals surface area contributed by atoms with Crippen LogP contribution >= 0.6 is 0 Å². The molecule has 1 saturated carbocycles. The molecule has 0 saturated heterocycles. The molecule has 2 aromatic rings. The first kappa shape index (κ1) is 18.6. The third-order valence-electron chi connectivity index (χ3n) is 5.57. The Morgan fingerprint density at radius 1 is 1.19 bits per heavy atom. The van der Waals surface area contributed by atoms with Crippen LogP contribution in [0.2, 0.25) is 0 Å². The van der Waals surface area contributed by atoms with E-state index in [1.807, 2.05) is 25.1 Å². The van der Waals surface area contributed by atoms with Crippen LogP contribution in [-0.4, -0.2) is 21.7 Å². The first-order chi connectivity index (χ1) is 12.3. The van der Waals surface area contributed by atoms with Crippen LogP contribution in [0.3, 0.4) is 0 Å². The number of nitrogens with zero attached hydrogens (tertiary/aromatic N) is 2. The van der Waals surface area contributed by atoms with E-state index < -0.39 is 0 Å². The van der Waals surface area contributed by atoms with E-state index >= 15 is 0 Å². The van der Waals surface area contributed by atoms with Gasteiger partial charge >= 0.3 is 0 Å². The summed E-state index contributed by atoms with van der Waals surface area (Å²) in [6.07, 6.45) is 4.51. The average Bonchev–Trinajstić information content (AvgIpc) is 2.59. The molecule has 0 bridgehead atoms. The van der Waals surface area contributed by atoms with E-state index in [1.165, 1.54) is 11.1 Å². The summed E-state index contributed by atoms with van der Waals surface area (Å²) in [7, 11) is 0. The number of aryl methyl sites for hydroxylation is 1. The maximum atomic E-state index is 12.7. The molecule has 0 radical (unpaired) electrons. The molecule has 1 aliphatic rings. The van der Waals surface area contributed by atoms with Gasteiger partial charge in [0, 0.05) is 11.4 Å². The fourth-order valence-corrected chi connectivity index (χ4v) is 4.24. The number of rotatable bonds is 3. The number of carbonyl (C=O) groups is 1. The summed E-state index contributed by atoms with van der Waals surface area (Å²) in [4.78, 5) is 25.3. The molecule has 0 aliphatic heterocycles. The lowest BCUT2D eigenvalue weighted by molar-refractivity contribution is -0.123. The van der Waals surface area contributed by atoms with Crippen molar-refractivity contribution in [2.75, 3.05) is 0 Å².